The number of benzene rings is 1. The van der Waals surface area contributed by atoms with Crippen LogP contribution in [0.4, 0.5) is 8.78 Å². The second-order valence-corrected chi connectivity index (χ2v) is 4.70. The number of aromatic carboxylic acids is 1. The molecule has 1 aromatic carbocycles. The van der Waals surface area contributed by atoms with Crippen LogP contribution in [0.2, 0.25) is 0 Å². The van der Waals surface area contributed by atoms with E-state index in [4.69, 9.17) is 4.74 Å². The topological polar surface area (TPSA) is 68.5 Å². The number of hydrogen-bond donors (Lipinski definition) is 1. The Morgan fingerprint density at radius 3 is 2.08 bits per heavy atom. The summed E-state index contributed by atoms with van der Waals surface area (Å²) in [5.74, 6) is -3.50. The smallest absolute Gasteiger partial charge is 0.340 e. The molecular weight excluding hydrogens is 320 g/mol. The van der Waals surface area contributed by atoms with Crippen molar-refractivity contribution < 1.29 is 23.4 Å². The quantitative estimate of drug-likeness (QED) is 0.931. The van der Waals surface area contributed by atoms with Gasteiger partial charge in [0.25, 0.3) is 5.56 Å². The molecule has 0 unspecified atom stereocenters. The van der Waals surface area contributed by atoms with Crippen molar-refractivity contribution in [3.8, 4) is 16.9 Å². The Morgan fingerprint density at radius 1 is 1.17 bits per heavy atom. The molecule has 0 saturated heterocycles. The number of ether oxygens (including phenoxy) is 1. The number of methoxy groups -OCH3 is 1. The van der Waals surface area contributed by atoms with Crippen LogP contribution in [0.1, 0.15) is 29.9 Å². The molecule has 0 saturated carbocycles. The van der Waals surface area contributed by atoms with Crippen LogP contribution in [-0.2, 0) is 7.05 Å². The first kappa shape index (κ1) is 19.3. The highest BCUT2D eigenvalue weighted by atomic mass is 19.1. The van der Waals surface area contributed by atoms with Crippen molar-refractivity contribution in [1.29, 1.82) is 0 Å². The molecule has 0 radical (unpaired) electrons. The fourth-order valence-electron chi connectivity index (χ4n) is 2.32. The Hall–Kier alpha value is -2.70. The second-order valence-electron chi connectivity index (χ2n) is 4.70. The van der Waals surface area contributed by atoms with Gasteiger partial charge >= 0.3 is 5.97 Å². The largest absolute Gasteiger partial charge is 0.490 e. The van der Waals surface area contributed by atoms with E-state index in [1.165, 1.54) is 18.5 Å². The average Bonchev–Trinajstić information content (AvgIpc) is 2.53. The zero-order chi connectivity index (χ0) is 18.6. The van der Waals surface area contributed by atoms with E-state index >= 15 is 0 Å². The molecule has 0 aliphatic rings. The number of rotatable bonds is 3. The van der Waals surface area contributed by atoms with E-state index < -0.39 is 28.7 Å². The van der Waals surface area contributed by atoms with E-state index in [-0.39, 0.29) is 22.6 Å². The van der Waals surface area contributed by atoms with Gasteiger partial charge in [0.1, 0.15) is 17.2 Å². The lowest BCUT2D eigenvalue weighted by Gasteiger charge is -2.17. The molecule has 0 fully saturated rings. The Balaban J connectivity index is 0.00000139. The van der Waals surface area contributed by atoms with Crippen LogP contribution >= 0.6 is 0 Å². The highest BCUT2D eigenvalue weighted by molar-refractivity contribution is 5.99. The number of pyridine rings is 1. The molecule has 0 amide bonds. The van der Waals surface area contributed by atoms with Crippen LogP contribution in [0.15, 0.2) is 23.0 Å². The van der Waals surface area contributed by atoms with Crippen molar-refractivity contribution in [3.63, 3.8) is 0 Å². The van der Waals surface area contributed by atoms with E-state index in [0.717, 1.165) is 19.2 Å². The molecule has 1 aromatic heterocycles. The third kappa shape index (κ3) is 3.45. The molecule has 24 heavy (non-hydrogen) atoms. The lowest BCUT2D eigenvalue weighted by molar-refractivity contribution is 0.0693. The summed E-state index contributed by atoms with van der Waals surface area (Å²) >= 11 is 0. The van der Waals surface area contributed by atoms with Gasteiger partial charge in [-0.1, -0.05) is 13.8 Å². The van der Waals surface area contributed by atoms with Crippen LogP contribution in [0.3, 0.4) is 0 Å². The van der Waals surface area contributed by atoms with Gasteiger partial charge in [-0.2, -0.15) is 0 Å². The Kier molecular flexibility index (Phi) is 6.22. The van der Waals surface area contributed by atoms with E-state index in [1.54, 1.807) is 0 Å². The van der Waals surface area contributed by atoms with E-state index in [9.17, 15) is 23.5 Å². The molecule has 0 atom stereocenters. The average molecular weight is 339 g/mol. The van der Waals surface area contributed by atoms with Gasteiger partial charge in [0.15, 0.2) is 5.75 Å². The Morgan fingerprint density at radius 2 is 1.67 bits per heavy atom. The van der Waals surface area contributed by atoms with E-state index in [2.05, 4.69) is 0 Å². The maximum atomic E-state index is 13.5. The van der Waals surface area contributed by atoms with Gasteiger partial charge < -0.3 is 14.4 Å². The molecule has 0 spiro atoms. The van der Waals surface area contributed by atoms with Gasteiger partial charge in [-0.15, -0.1) is 0 Å². The summed E-state index contributed by atoms with van der Waals surface area (Å²) in [4.78, 5) is 23.6. The van der Waals surface area contributed by atoms with Crippen LogP contribution in [0, 0.1) is 18.6 Å². The Bertz CT molecular complexity index is 808. The summed E-state index contributed by atoms with van der Waals surface area (Å²) in [7, 11) is 2.58. The standard InChI is InChI=1S/C15H13F2NO4.C2H6/c1-7-11(8-4-9(16)6-10(17)5-8)12(15(20)21)13(22-3)14(19)18(7)2;1-2/h4-6H,1-3H3,(H,20,21);1-2H3. The normalized spacial score (nSPS) is 9.96. The Labute approximate surface area is 138 Å². The lowest BCUT2D eigenvalue weighted by Crippen LogP contribution is -2.25. The predicted molar refractivity (Wildman–Crippen MR) is 86.6 cm³/mol. The minimum absolute atomic E-state index is 0.0151. The number of carboxylic acids is 1. The fraction of sp³-hybridized carbons (Fsp3) is 0.294. The minimum Gasteiger partial charge on any atom is -0.490 e. The number of halogens is 2. The van der Waals surface area contributed by atoms with Crippen molar-refractivity contribution in [2.45, 2.75) is 20.8 Å². The zero-order valence-electron chi connectivity index (χ0n) is 14.1. The highest BCUT2D eigenvalue weighted by Crippen LogP contribution is 2.32. The molecule has 0 bridgehead atoms. The number of carbonyl (C=O) groups is 1. The SMILES string of the molecule is CC.COc1c(C(=O)O)c(-c2cc(F)cc(F)c2)c(C)n(C)c1=O. The monoisotopic (exact) mass is 339 g/mol. The van der Waals surface area contributed by atoms with Gasteiger partial charge in [-0.05, 0) is 24.6 Å². The van der Waals surface area contributed by atoms with Gasteiger partial charge in [0.05, 0.1) is 7.11 Å². The summed E-state index contributed by atoms with van der Waals surface area (Å²) in [6.45, 7) is 5.49. The van der Waals surface area contributed by atoms with E-state index in [0.29, 0.717) is 6.07 Å². The zero-order valence-corrected chi connectivity index (χ0v) is 14.1. The summed E-state index contributed by atoms with van der Waals surface area (Å²) in [5.41, 5.74) is -0.759. The highest BCUT2D eigenvalue weighted by Gasteiger charge is 2.25. The molecule has 130 valence electrons. The minimum atomic E-state index is -1.42. The summed E-state index contributed by atoms with van der Waals surface area (Å²) < 4.78 is 33.0. The second kappa shape index (κ2) is 7.72. The van der Waals surface area contributed by atoms with E-state index in [1.807, 2.05) is 13.8 Å². The van der Waals surface area contributed by atoms with Crippen LogP contribution in [0.25, 0.3) is 11.1 Å². The van der Waals surface area contributed by atoms with Gasteiger partial charge in [-0.25, -0.2) is 13.6 Å². The fourth-order valence-corrected chi connectivity index (χ4v) is 2.32. The number of aromatic nitrogens is 1. The van der Waals surface area contributed by atoms with Crippen molar-refractivity contribution in [2.75, 3.05) is 7.11 Å². The molecule has 0 aliphatic heterocycles. The van der Waals surface area contributed by atoms with Crippen LogP contribution in [0.5, 0.6) is 5.75 Å². The molecule has 2 rings (SSSR count). The van der Waals surface area contributed by atoms with Gasteiger partial charge in [0, 0.05) is 24.4 Å². The molecule has 5 nitrogen and oxygen atoms in total. The first-order chi connectivity index (χ1) is 11.3. The van der Waals surface area contributed by atoms with Crippen molar-refractivity contribution in [3.05, 3.63) is 51.4 Å². The molecular formula is C17H19F2NO4. The summed E-state index contributed by atoms with van der Waals surface area (Å²) in [6, 6.07) is 2.68. The molecule has 2 aromatic rings. The van der Waals surface area contributed by atoms with Gasteiger partial charge in [0.2, 0.25) is 0 Å². The predicted octanol–water partition coefficient (Wildman–Crippen LogP) is 3.37. The third-order valence-corrected chi connectivity index (χ3v) is 3.41. The lowest BCUT2D eigenvalue weighted by atomic mass is 9.97. The molecule has 0 aliphatic carbocycles. The number of carboxylic acid groups (broad SMARTS) is 1. The summed E-state index contributed by atoms with van der Waals surface area (Å²) in [5, 5.41) is 9.40. The van der Waals surface area contributed by atoms with Crippen LogP contribution in [-0.4, -0.2) is 22.8 Å². The first-order valence-corrected chi connectivity index (χ1v) is 7.25. The van der Waals surface area contributed by atoms with Crippen molar-refractivity contribution in [2.24, 2.45) is 7.05 Å². The molecule has 7 heteroatoms. The maximum Gasteiger partial charge on any atom is 0.340 e. The van der Waals surface area contributed by atoms with Crippen molar-refractivity contribution in [1.82, 2.24) is 4.57 Å². The summed E-state index contributed by atoms with van der Waals surface area (Å²) in [6.07, 6.45) is 0. The third-order valence-electron chi connectivity index (χ3n) is 3.41. The molecule has 1 N–H and O–H groups in total. The van der Waals surface area contributed by atoms with Gasteiger partial charge in [-0.3, -0.25) is 4.79 Å². The van der Waals surface area contributed by atoms with Crippen LogP contribution < -0.4 is 10.3 Å². The number of nitrogens with zero attached hydrogens (tertiary/aromatic N) is 1. The molecule has 1 heterocycles. The number of hydrogen-bond acceptors (Lipinski definition) is 3. The van der Waals surface area contributed by atoms with Crippen molar-refractivity contribution >= 4 is 5.97 Å². The maximum absolute atomic E-state index is 13.5. The first-order valence-electron chi connectivity index (χ1n) is 7.25.